The standard InChI is InChI=1S/C16H23BrFNO/c1-3-8-19-16(12-7-9-20-15(12)4-2)11-5-6-14(18)13(17)10-11/h5-6,10,12,15-16,19H,3-4,7-9H2,1-2H3. The number of hydrogen-bond donors (Lipinski definition) is 1. The molecule has 0 amide bonds. The van der Waals surface area contributed by atoms with E-state index in [-0.39, 0.29) is 11.9 Å². The monoisotopic (exact) mass is 343 g/mol. The van der Waals surface area contributed by atoms with Crippen molar-refractivity contribution in [2.75, 3.05) is 13.2 Å². The van der Waals surface area contributed by atoms with Gasteiger partial charge < -0.3 is 10.1 Å². The predicted octanol–water partition coefficient (Wildman–Crippen LogP) is 4.44. The lowest BCUT2D eigenvalue weighted by Crippen LogP contribution is -2.33. The van der Waals surface area contributed by atoms with E-state index in [0.717, 1.165) is 38.0 Å². The highest BCUT2D eigenvalue weighted by molar-refractivity contribution is 9.10. The number of benzene rings is 1. The molecule has 2 nitrogen and oxygen atoms in total. The molecule has 3 unspecified atom stereocenters. The summed E-state index contributed by atoms with van der Waals surface area (Å²) < 4.78 is 19.8. The van der Waals surface area contributed by atoms with Crippen molar-refractivity contribution in [2.45, 2.75) is 45.3 Å². The normalized spacial score (nSPS) is 24.0. The largest absolute Gasteiger partial charge is 0.378 e. The van der Waals surface area contributed by atoms with Crippen LogP contribution in [0.15, 0.2) is 22.7 Å². The molecular formula is C16H23BrFNO. The molecule has 112 valence electrons. The maximum Gasteiger partial charge on any atom is 0.137 e. The molecule has 1 aromatic rings. The summed E-state index contributed by atoms with van der Waals surface area (Å²) in [5.74, 6) is 0.251. The van der Waals surface area contributed by atoms with Gasteiger partial charge in [0.1, 0.15) is 5.82 Å². The second-order valence-corrected chi connectivity index (χ2v) is 6.23. The minimum Gasteiger partial charge on any atom is -0.378 e. The van der Waals surface area contributed by atoms with Crippen LogP contribution in [-0.2, 0) is 4.74 Å². The molecule has 0 saturated carbocycles. The van der Waals surface area contributed by atoms with Gasteiger partial charge in [-0.1, -0.05) is 19.9 Å². The highest BCUT2D eigenvalue weighted by atomic mass is 79.9. The molecule has 1 N–H and O–H groups in total. The van der Waals surface area contributed by atoms with Gasteiger partial charge in [-0.05, 0) is 59.4 Å². The first-order valence-corrected chi connectivity index (χ1v) is 8.26. The van der Waals surface area contributed by atoms with Crippen molar-refractivity contribution in [3.05, 3.63) is 34.1 Å². The van der Waals surface area contributed by atoms with Gasteiger partial charge in [-0.15, -0.1) is 0 Å². The molecule has 2 rings (SSSR count). The molecule has 0 bridgehead atoms. The zero-order valence-corrected chi connectivity index (χ0v) is 13.7. The van der Waals surface area contributed by atoms with Crippen LogP contribution in [0.25, 0.3) is 0 Å². The predicted molar refractivity (Wildman–Crippen MR) is 83.3 cm³/mol. The summed E-state index contributed by atoms with van der Waals surface area (Å²) in [5.41, 5.74) is 1.14. The van der Waals surface area contributed by atoms with E-state index < -0.39 is 0 Å². The zero-order valence-electron chi connectivity index (χ0n) is 12.2. The average molecular weight is 344 g/mol. The van der Waals surface area contributed by atoms with Crippen LogP contribution < -0.4 is 5.32 Å². The smallest absolute Gasteiger partial charge is 0.137 e. The Bertz CT molecular complexity index is 440. The van der Waals surface area contributed by atoms with Gasteiger partial charge >= 0.3 is 0 Å². The Kier molecular flexibility index (Phi) is 6.00. The molecule has 1 aliphatic rings. The van der Waals surface area contributed by atoms with Crippen LogP contribution in [0.4, 0.5) is 4.39 Å². The van der Waals surface area contributed by atoms with Crippen LogP contribution >= 0.6 is 15.9 Å². The first-order valence-electron chi connectivity index (χ1n) is 7.47. The molecule has 1 aromatic carbocycles. The van der Waals surface area contributed by atoms with Crippen LogP contribution in [0, 0.1) is 11.7 Å². The Hall–Kier alpha value is -0.450. The molecule has 1 heterocycles. The second kappa shape index (κ2) is 7.53. The van der Waals surface area contributed by atoms with E-state index in [9.17, 15) is 4.39 Å². The summed E-state index contributed by atoms with van der Waals surface area (Å²) in [4.78, 5) is 0. The minimum atomic E-state index is -0.210. The molecule has 3 atom stereocenters. The van der Waals surface area contributed by atoms with Crippen LogP contribution in [0.1, 0.15) is 44.7 Å². The Morgan fingerprint density at radius 1 is 1.45 bits per heavy atom. The van der Waals surface area contributed by atoms with Crippen molar-refractivity contribution in [3.8, 4) is 0 Å². The van der Waals surface area contributed by atoms with Gasteiger partial charge in [-0.2, -0.15) is 0 Å². The molecule has 1 saturated heterocycles. The van der Waals surface area contributed by atoms with Gasteiger partial charge in [0.2, 0.25) is 0 Å². The van der Waals surface area contributed by atoms with Gasteiger partial charge in [0.25, 0.3) is 0 Å². The maximum absolute atomic E-state index is 13.4. The fraction of sp³-hybridized carbons (Fsp3) is 0.625. The molecule has 0 spiro atoms. The molecule has 1 aliphatic heterocycles. The van der Waals surface area contributed by atoms with Crippen molar-refractivity contribution in [1.29, 1.82) is 0 Å². The number of ether oxygens (including phenoxy) is 1. The zero-order chi connectivity index (χ0) is 14.5. The van der Waals surface area contributed by atoms with Gasteiger partial charge in [0.15, 0.2) is 0 Å². The number of rotatable bonds is 6. The van der Waals surface area contributed by atoms with E-state index in [2.05, 4.69) is 35.1 Å². The van der Waals surface area contributed by atoms with Crippen LogP contribution in [-0.4, -0.2) is 19.3 Å². The summed E-state index contributed by atoms with van der Waals surface area (Å²) in [6.45, 7) is 6.12. The third-order valence-corrected chi connectivity index (χ3v) is 4.62. The Balaban J connectivity index is 2.23. The molecular weight excluding hydrogens is 321 g/mol. The minimum absolute atomic E-state index is 0.210. The van der Waals surface area contributed by atoms with Crippen LogP contribution in [0.3, 0.4) is 0 Å². The SMILES string of the molecule is CCCNC(c1ccc(F)c(Br)c1)C1CCOC1CC. The highest BCUT2D eigenvalue weighted by Crippen LogP contribution is 2.36. The molecule has 1 fully saturated rings. The van der Waals surface area contributed by atoms with E-state index in [0.29, 0.717) is 16.5 Å². The lowest BCUT2D eigenvalue weighted by molar-refractivity contribution is 0.0774. The summed E-state index contributed by atoms with van der Waals surface area (Å²) >= 11 is 3.29. The van der Waals surface area contributed by atoms with E-state index in [1.54, 1.807) is 0 Å². The molecule has 20 heavy (non-hydrogen) atoms. The molecule has 0 aliphatic carbocycles. The van der Waals surface area contributed by atoms with E-state index in [1.165, 1.54) is 6.07 Å². The van der Waals surface area contributed by atoms with Crippen molar-refractivity contribution in [3.63, 3.8) is 0 Å². The van der Waals surface area contributed by atoms with Crippen LogP contribution in [0.2, 0.25) is 0 Å². The molecule has 4 heteroatoms. The topological polar surface area (TPSA) is 21.3 Å². The quantitative estimate of drug-likeness (QED) is 0.824. The number of hydrogen-bond acceptors (Lipinski definition) is 2. The second-order valence-electron chi connectivity index (χ2n) is 5.38. The van der Waals surface area contributed by atoms with Gasteiger partial charge in [0.05, 0.1) is 10.6 Å². The van der Waals surface area contributed by atoms with Crippen molar-refractivity contribution in [2.24, 2.45) is 5.92 Å². The van der Waals surface area contributed by atoms with Gasteiger partial charge in [-0.3, -0.25) is 0 Å². The highest BCUT2D eigenvalue weighted by Gasteiger charge is 2.34. The number of nitrogens with one attached hydrogen (secondary N) is 1. The summed E-state index contributed by atoms with van der Waals surface area (Å²) in [6, 6.07) is 5.56. The molecule has 0 aromatic heterocycles. The van der Waals surface area contributed by atoms with Gasteiger partial charge in [0, 0.05) is 18.6 Å². The Labute approximate surface area is 129 Å². The average Bonchev–Trinajstić information content (AvgIpc) is 2.91. The lowest BCUT2D eigenvalue weighted by Gasteiger charge is -2.29. The maximum atomic E-state index is 13.4. The first kappa shape index (κ1) is 15.9. The van der Waals surface area contributed by atoms with E-state index in [4.69, 9.17) is 4.74 Å². The van der Waals surface area contributed by atoms with E-state index >= 15 is 0 Å². The molecule has 0 radical (unpaired) electrons. The fourth-order valence-electron chi connectivity index (χ4n) is 2.99. The number of halogens is 2. The van der Waals surface area contributed by atoms with Crippen molar-refractivity contribution < 1.29 is 9.13 Å². The van der Waals surface area contributed by atoms with Gasteiger partial charge in [-0.25, -0.2) is 4.39 Å². The van der Waals surface area contributed by atoms with Crippen molar-refractivity contribution in [1.82, 2.24) is 5.32 Å². The Morgan fingerprint density at radius 2 is 2.25 bits per heavy atom. The first-order chi connectivity index (χ1) is 9.67. The third kappa shape index (κ3) is 3.60. The summed E-state index contributed by atoms with van der Waals surface area (Å²) in [6.07, 6.45) is 3.48. The third-order valence-electron chi connectivity index (χ3n) is 4.01. The van der Waals surface area contributed by atoms with E-state index in [1.807, 2.05) is 12.1 Å². The summed E-state index contributed by atoms with van der Waals surface area (Å²) in [7, 11) is 0. The van der Waals surface area contributed by atoms with Crippen LogP contribution in [0.5, 0.6) is 0 Å². The lowest BCUT2D eigenvalue weighted by atomic mass is 9.86. The summed E-state index contributed by atoms with van der Waals surface area (Å²) in [5, 5.41) is 3.62. The fourth-order valence-corrected chi connectivity index (χ4v) is 3.39. The van der Waals surface area contributed by atoms with Crippen molar-refractivity contribution >= 4 is 15.9 Å². The Morgan fingerprint density at radius 3 is 2.90 bits per heavy atom.